The molecule has 2 saturated heterocycles. The molecule has 0 radical (unpaired) electrons. The lowest BCUT2D eigenvalue weighted by atomic mass is 9.95. The van der Waals surface area contributed by atoms with Gasteiger partial charge in [-0.2, -0.15) is 11.8 Å². The van der Waals surface area contributed by atoms with Crippen LogP contribution in [-0.4, -0.2) is 52.5 Å². The molecular weight excluding hydrogens is 306 g/mol. The van der Waals surface area contributed by atoms with Crippen LogP contribution in [0.25, 0.3) is 0 Å². The quantitative estimate of drug-likeness (QED) is 0.275. The number of hydrogen-bond acceptors (Lipinski definition) is 5. The highest BCUT2D eigenvalue weighted by Crippen LogP contribution is 2.33. The fraction of sp³-hybridized carbons (Fsp3) is 0.786. The maximum Gasteiger partial charge on any atom is 0.315 e. The molecular formula is C14H23N3O4S. The molecule has 0 aromatic heterocycles. The molecule has 0 aliphatic carbocycles. The summed E-state index contributed by atoms with van der Waals surface area (Å²) in [7, 11) is 0. The number of thioether (sulfide) groups is 1. The Morgan fingerprint density at radius 2 is 2.14 bits per heavy atom. The molecule has 7 nitrogen and oxygen atoms in total. The minimum atomic E-state index is -1.08. The third kappa shape index (κ3) is 4.13. The number of ketones is 1. The highest BCUT2D eigenvalue weighted by molar-refractivity contribution is 8.00. The maximum atomic E-state index is 11.9. The highest BCUT2D eigenvalue weighted by Gasteiger charge is 2.42. The number of carbonyl (C=O) groups excluding carboxylic acids is 2. The van der Waals surface area contributed by atoms with E-state index in [1.54, 1.807) is 0 Å². The summed E-state index contributed by atoms with van der Waals surface area (Å²) in [5.41, 5.74) is 5.34. The van der Waals surface area contributed by atoms with Crippen molar-refractivity contribution in [3.05, 3.63) is 0 Å². The molecule has 124 valence electrons. The van der Waals surface area contributed by atoms with Gasteiger partial charge in [-0.25, -0.2) is 4.79 Å². The second-order valence-corrected chi connectivity index (χ2v) is 7.07. The number of amides is 2. The number of carbonyl (C=O) groups is 3. The Hall–Kier alpha value is -1.28. The first-order valence-corrected chi connectivity index (χ1v) is 8.72. The summed E-state index contributed by atoms with van der Waals surface area (Å²) >= 11 is 1.84. The van der Waals surface area contributed by atoms with Crippen molar-refractivity contribution in [3.63, 3.8) is 0 Å². The van der Waals surface area contributed by atoms with Gasteiger partial charge in [0.2, 0.25) is 0 Å². The van der Waals surface area contributed by atoms with Gasteiger partial charge in [-0.05, 0) is 25.8 Å². The van der Waals surface area contributed by atoms with Gasteiger partial charge in [-0.1, -0.05) is 6.42 Å². The minimum absolute atomic E-state index is 0.0958. The van der Waals surface area contributed by atoms with E-state index in [0.29, 0.717) is 11.7 Å². The first kappa shape index (κ1) is 17.1. The number of urea groups is 1. The third-order valence-electron chi connectivity index (χ3n) is 4.24. The van der Waals surface area contributed by atoms with Crippen LogP contribution >= 0.6 is 11.8 Å². The van der Waals surface area contributed by atoms with Crippen molar-refractivity contribution in [2.45, 2.75) is 49.4 Å². The van der Waals surface area contributed by atoms with E-state index in [2.05, 4.69) is 10.6 Å². The lowest BCUT2D eigenvalue weighted by molar-refractivity contribution is -0.146. The molecule has 0 spiro atoms. The summed E-state index contributed by atoms with van der Waals surface area (Å²) in [6.45, 7) is 0.206. The zero-order valence-electron chi connectivity index (χ0n) is 12.4. The topological polar surface area (TPSA) is 122 Å². The third-order valence-corrected chi connectivity index (χ3v) is 5.75. The first-order valence-electron chi connectivity index (χ1n) is 7.67. The molecule has 0 saturated carbocycles. The van der Waals surface area contributed by atoms with Crippen LogP contribution in [0.1, 0.15) is 32.1 Å². The Morgan fingerprint density at radius 1 is 1.36 bits per heavy atom. The number of carboxylic acid groups (broad SMARTS) is 1. The molecule has 0 bridgehead atoms. The van der Waals surface area contributed by atoms with E-state index >= 15 is 0 Å². The van der Waals surface area contributed by atoms with Crippen molar-refractivity contribution in [1.29, 1.82) is 0 Å². The predicted octanol–water partition coefficient (Wildman–Crippen LogP) is 0.331. The number of hydrogen-bond donors (Lipinski definition) is 4. The fourth-order valence-electron chi connectivity index (χ4n) is 3.05. The zero-order chi connectivity index (χ0) is 16.1. The SMILES string of the molecule is NCCC(C(=O)O)C(=O)CCCC[C@@H]1SC[C@@H]2NC(=O)N[C@@H]21. The van der Waals surface area contributed by atoms with Gasteiger partial charge < -0.3 is 21.5 Å². The van der Waals surface area contributed by atoms with Gasteiger partial charge in [0, 0.05) is 17.4 Å². The van der Waals surface area contributed by atoms with Crippen molar-refractivity contribution < 1.29 is 19.5 Å². The molecule has 1 unspecified atom stereocenters. The molecule has 8 heteroatoms. The van der Waals surface area contributed by atoms with Crippen molar-refractivity contribution in [3.8, 4) is 0 Å². The zero-order valence-corrected chi connectivity index (χ0v) is 13.2. The van der Waals surface area contributed by atoms with E-state index in [4.69, 9.17) is 10.8 Å². The van der Waals surface area contributed by atoms with Crippen molar-refractivity contribution in [2.24, 2.45) is 11.7 Å². The van der Waals surface area contributed by atoms with Gasteiger partial charge in [0.15, 0.2) is 0 Å². The Bertz CT molecular complexity index is 446. The molecule has 2 heterocycles. The average Bonchev–Trinajstić information content (AvgIpc) is 3.00. The Morgan fingerprint density at radius 3 is 2.82 bits per heavy atom. The maximum absolute atomic E-state index is 11.9. The van der Waals surface area contributed by atoms with Gasteiger partial charge in [0.25, 0.3) is 0 Å². The Balaban J connectivity index is 1.68. The smallest absolute Gasteiger partial charge is 0.315 e. The summed E-state index contributed by atoms with van der Waals surface area (Å²) in [5.74, 6) is -1.35. The van der Waals surface area contributed by atoms with E-state index in [-0.39, 0.29) is 43.3 Å². The van der Waals surface area contributed by atoms with Gasteiger partial charge in [-0.15, -0.1) is 0 Å². The van der Waals surface area contributed by atoms with E-state index in [1.165, 1.54) is 0 Å². The van der Waals surface area contributed by atoms with E-state index in [9.17, 15) is 14.4 Å². The van der Waals surface area contributed by atoms with Crippen LogP contribution in [0.3, 0.4) is 0 Å². The van der Waals surface area contributed by atoms with Crippen molar-refractivity contribution in [1.82, 2.24) is 10.6 Å². The van der Waals surface area contributed by atoms with Crippen LogP contribution in [0.5, 0.6) is 0 Å². The molecule has 2 fully saturated rings. The molecule has 22 heavy (non-hydrogen) atoms. The van der Waals surface area contributed by atoms with Gasteiger partial charge in [-0.3, -0.25) is 9.59 Å². The molecule has 2 amide bonds. The molecule has 5 N–H and O–H groups in total. The fourth-order valence-corrected chi connectivity index (χ4v) is 4.59. The lowest BCUT2D eigenvalue weighted by Gasteiger charge is -2.16. The van der Waals surface area contributed by atoms with Crippen LogP contribution in [0.2, 0.25) is 0 Å². The number of aliphatic carboxylic acids is 1. The molecule has 4 atom stereocenters. The van der Waals surface area contributed by atoms with Crippen LogP contribution in [0.15, 0.2) is 0 Å². The summed E-state index contributed by atoms with van der Waals surface area (Å²) in [5, 5.41) is 15.2. The van der Waals surface area contributed by atoms with E-state index in [1.807, 2.05) is 11.8 Å². The highest BCUT2D eigenvalue weighted by atomic mass is 32.2. The number of carboxylic acids is 1. The molecule has 2 aliphatic heterocycles. The average molecular weight is 329 g/mol. The second kappa shape index (κ2) is 7.82. The van der Waals surface area contributed by atoms with Crippen LogP contribution in [0, 0.1) is 5.92 Å². The predicted molar refractivity (Wildman–Crippen MR) is 83.8 cm³/mol. The van der Waals surface area contributed by atoms with Crippen molar-refractivity contribution >= 4 is 29.5 Å². The van der Waals surface area contributed by atoms with Gasteiger partial charge in [0.1, 0.15) is 11.7 Å². The van der Waals surface area contributed by atoms with Gasteiger partial charge >= 0.3 is 12.0 Å². The number of fused-ring (bicyclic) bond motifs is 1. The number of unbranched alkanes of at least 4 members (excludes halogenated alkanes) is 1. The Kier molecular flexibility index (Phi) is 6.07. The number of nitrogens with one attached hydrogen (secondary N) is 2. The lowest BCUT2D eigenvalue weighted by Crippen LogP contribution is -2.36. The van der Waals surface area contributed by atoms with Crippen LogP contribution in [-0.2, 0) is 9.59 Å². The monoisotopic (exact) mass is 329 g/mol. The number of Topliss-reactive ketones (excluding diaryl/α,β-unsaturated/α-hetero) is 1. The van der Waals surface area contributed by atoms with Crippen LogP contribution < -0.4 is 16.4 Å². The summed E-state index contributed by atoms with van der Waals surface area (Å²) in [6, 6.07) is 0.295. The number of nitrogens with two attached hydrogens (primary N) is 1. The first-order chi connectivity index (χ1) is 10.5. The largest absolute Gasteiger partial charge is 0.481 e. The minimum Gasteiger partial charge on any atom is -0.481 e. The molecule has 0 aromatic carbocycles. The molecule has 2 rings (SSSR count). The molecule has 0 aromatic rings. The number of rotatable bonds is 9. The summed E-state index contributed by atoms with van der Waals surface area (Å²) in [4.78, 5) is 34.2. The normalized spacial score (nSPS) is 27.9. The summed E-state index contributed by atoms with van der Waals surface area (Å²) < 4.78 is 0. The van der Waals surface area contributed by atoms with E-state index in [0.717, 1.165) is 18.6 Å². The standard InChI is InChI=1S/C14H23N3O4S/c15-6-5-8(13(19)20)10(18)3-1-2-4-11-12-9(7-22-11)16-14(21)17-12/h8-9,11-12H,1-7,15H2,(H,19,20)(H2,16,17,21)/t8?,9-,11-,12-/m0/s1. The van der Waals surface area contributed by atoms with E-state index < -0.39 is 11.9 Å². The Labute approximate surface area is 133 Å². The second-order valence-electron chi connectivity index (χ2n) is 5.80. The summed E-state index contributed by atoms with van der Waals surface area (Å²) in [6.07, 6.45) is 2.96. The van der Waals surface area contributed by atoms with Gasteiger partial charge in [0.05, 0.1) is 12.1 Å². The molecule has 2 aliphatic rings. The van der Waals surface area contributed by atoms with Crippen LogP contribution in [0.4, 0.5) is 4.79 Å². The van der Waals surface area contributed by atoms with Crippen molar-refractivity contribution in [2.75, 3.05) is 12.3 Å².